The van der Waals surface area contributed by atoms with E-state index < -0.39 is 0 Å². The summed E-state index contributed by atoms with van der Waals surface area (Å²) in [7, 11) is 0. The van der Waals surface area contributed by atoms with Gasteiger partial charge in [0.15, 0.2) is 0 Å². The lowest BCUT2D eigenvalue weighted by atomic mass is 10.4. The number of imide groups is 1. The molecule has 0 aromatic heterocycles. The smallest absolute Gasteiger partial charge is 0.254 e. The van der Waals surface area contributed by atoms with E-state index in [0.717, 1.165) is 0 Å². The van der Waals surface area contributed by atoms with Gasteiger partial charge in [0, 0.05) is 25.8 Å². The number of carbonyl (C=O) groups is 2. The van der Waals surface area contributed by atoms with Gasteiger partial charge >= 0.3 is 0 Å². The van der Waals surface area contributed by atoms with Crippen molar-refractivity contribution in [3.8, 4) is 0 Å². The van der Waals surface area contributed by atoms with Gasteiger partial charge in [-0.3, -0.25) is 9.59 Å². The van der Waals surface area contributed by atoms with Crippen LogP contribution in [0.2, 0.25) is 0 Å². The summed E-state index contributed by atoms with van der Waals surface area (Å²) in [6.45, 7) is 0. The maximum atomic E-state index is 10.5. The summed E-state index contributed by atoms with van der Waals surface area (Å²) in [5, 5.41) is 0.656. The zero-order valence-corrected chi connectivity index (χ0v) is 5.43. The van der Waals surface area contributed by atoms with E-state index in [-0.39, 0.29) is 24.7 Å². The van der Waals surface area contributed by atoms with Crippen molar-refractivity contribution in [3.63, 3.8) is 0 Å². The van der Waals surface area contributed by atoms with Crippen LogP contribution < -0.4 is 0 Å². The quantitative estimate of drug-likeness (QED) is 0.320. The van der Waals surface area contributed by atoms with Crippen molar-refractivity contribution >= 4 is 24.7 Å². The van der Waals surface area contributed by atoms with Crippen molar-refractivity contribution in [3.05, 3.63) is 0 Å². The zero-order chi connectivity index (χ0) is 6.85. The van der Waals surface area contributed by atoms with Crippen LogP contribution in [0.3, 0.4) is 0 Å². The molecule has 50 valence electrons. The van der Waals surface area contributed by atoms with E-state index >= 15 is 0 Å². The number of thiol groups is 1. The Kier molecular flexibility index (Phi) is 1.73. The zero-order valence-electron chi connectivity index (χ0n) is 4.53. The van der Waals surface area contributed by atoms with E-state index in [0.29, 0.717) is 5.06 Å². The number of hydrogen-bond acceptors (Lipinski definition) is 4. The number of nitrogens with zero attached hydrogens (tertiary/aromatic N) is 1. The molecular weight excluding hydrogens is 142 g/mol. The lowest BCUT2D eigenvalue weighted by Crippen LogP contribution is -2.25. The van der Waals surface area contributed by atoms with Crippen molar-refractivity contribution in [2.75, 3.05) is 0 Å². The Bertz CT molecular complexity index is 142. The van der Waals surface area contributed by atoms with Crippen LogP contribution in [-0.4, -0.2) is 16.9 Å². The topological polar surface area (TPSA) is 46.6 Å². The van der Waals surface area contributed by atoms with E-state index in [1.54, 1.807) is 0 Å². The van der Waals surface area contributed by atoms with Crippen molar-refractivity contribution < 1.29 is 13.9 Å². The summed E-state index contributed by atoms with van der Waals surface area (Å²) in [6, 6.07) is 0. The Morgan fingerprint density at radius 3 is 2.00 bits per heavy atom. The summed E-state index contributed by atoms with van der Waals surface area (Å²) in [6.07, 6.45) is 0.471. The van der Waals surface area contributed by atoms with Crippen LogP contribution in [0.1, 0.15) is 12.8 Å². The molecule has 0 aromatic rings. The average Bonchev–Trinajstić information content (AvgIpc) is 2.12. The van der Waals surface area contributed by atoms with Crippen LogP contribution in [0.4, 0.5) is 0 Å². The van der Waals surface area contributed by atoms with Crippen LogP contribution in [0.15, 0.2) is 0 Å². The highest BCUT2D eigenvalue weighted by molar-refractivity contribution is 7.75. The van der Waals surface area contributed by atoms with Gasteiger partial charge in [-0.25, -0.2) is 0 Å². The van der Waals surface area contributed by atoms with E-state index in [9.17, 15) is 9.59 Å². The van der Waals surface area contributed by atoms with Crippen LogP contribution in [0.5, 0.6) is 0 Å². The number of hydrogen-bond donors (Lipinski definition) is 1. The Morgan fingerprint density at radius 1 is 1.33 bits per heavy atom. The predicted octanol–water partition coefficient (Wildman–Crippen LogP) is -0.0882. The molecule has 1 saturated heterocycles. The third-order valence-corrected chi connectivity index (χ3v) is 1.25. The molecule has 0 radical (unpaired) electrons. The average molecular weight is 147 g/mol. The predicted molar refractivity (Wildman–Crippen MR) is 31.2 cm³/mol. The minimum Gasteiger partial charge on any atom is -0.272 e. The highest BCUT2D eigenvalue weighted by Crippen LogP contribution is 2.12. The van der Waals surface area contributed by atoms with Gasteiger partial charge in [0.2, 0.25) is 0 Å². The molecule has 0 spiro atoms. The first-order chi connectivity index (χ1) is 4.25. The molecule has 0 N–H and O–H groups in total. The van der Waals surface area contributed by atoms with Gasteiger partial charge in [-0.2, -0.15) is 4.28 Å². The molecule has 1 aliphatic rings. The summed E-state index contributed by atoms with van der Waals surface area (Å²) in [5.41, 5.74) is 0. The van der Waals surface area contributed by atoms with Gasteiger partial charge in [0.05, 0.1) is 0 Å². The van der Waals surface area contributed by atoms with Gasteiger partial charge in [-0.1, -0.05) is 0 Å². The lowest BCUT2D eigenvalue weighted by Gasteiger charge is -2.05. The van der Waals surface area contributed by atoms with Crippen LogP contribution >= 0.6 is 12.9 Å². The molecule has 1 aliphatic heterocycles. The Hall–Kier alpha value is -0.550. The molecule has 5 heteroatoms. The molecule has 0 aromatic carbocycles. The van der Waals surface area contributed by atoms with Crippen molar-refractivity contribution in [2.45, 2.75) is 12.8 Å². The number of amides is 2. The number of rotatable bonds is 1. The summed E-state index contributed by atoms with van der Waals surface area (Å²) in [4.78, 5) is 21.1. The molecular formula is C4H5NO3S. The maximum Gasteiger partial charge on any atom is 0.254 e. The van der Waals surface area contributed by atoms with E-state index in [1.165, 1.54) is 0 Å². The second kappa shape index (κ2) is 2.36. The molecule has 1 fully saturated rings. The first kappa shape index (κ1) is 6.57. The second-order valence-corrected chi connectivity index (χ2v) is 1.83. The third-order valence-electron chi connectivity index (χ3n) is 1.09. The first-order valence-corrected chi connectivity index (χ1v) is 2.79. The minimum atomic E-state index is -0.324. The number of hydroxylamine groups is 2. The Morgan fingerprint density at radius 2 is 1.78 bits per heavy atom. The molecule has 4 nitrogen and oxygen atoms in total. The largest absolute Gasteiger partial charge is 0.272 e. The highest BCUT2D eigenvalue weighted by Gasteiger charge is 2.29. The molecule has 0 bridgehead atoms. The van der Waals surface area contributed by atoms with Gasteiger partial charge in [0.1, 0.15) is 0 Å². The van der Waals surface area contributed by atoms with Gasteiger partial charge < -0.3 is 0 Å². The maximum absolute atomic E-state index is 10.5. The third kappa shape index (κ3) is 1.06. The summed E-state index contributed by atoms with van der Waals surface area (Å²) >= 11 is 3.32. The van der Waals surface area contributed by atoms with Crippen molar-refractivity contribution in [1.29, 1.82) is 0 Å². The van der Waals surface area contributed by atoms with Gasteiger partial charge in [0.25, 0.3) is 11.8 Å². The molecule has 1 rings (SSSR count). The molecule has 9 heavy (non-hydrogen) atoms. The monoisotopic (exact) mass is 147 g/mol. The van der Waals surface area contributed by atoms with E-state index in [2.05, 4.69) is 17.2 Å². The van der Waals surface area contributed by atoms with E-state index in [1.807, 2.05) is 0 Å². The molecule has 0 atom stereocenters. The molecule has 0 aliphatic carbocycles. The SMILES string of the molecule is O=C1CCC(=O)N1OS. The highest BCUT2D eigenvalue weighted by atomic mass is 32.1. The van der Waals surface area contributed by atoms with Gasteiger partial charge in [-0.15, -0.1) is 5.06 Å². The minimum absolute atomic E-state index is 0.236. The molecule has 2 amide bonds. The van der Waals surface area contributed by atoms with Crippen LogP contribution in [0, 0.1) is 0 Å². The van der Waals surface area contributed by atoms with Gasteiger partial charge in [-0.05, 0) is 0 Å². The van der Waals surface area contributed by atoms with Crippen LogP contribution in [0.25, 0.3) is 0 Å². The molecule has 0 saturated carbocycles. The lowest BCUT2D eigenvalue weighted by molar-refractivity contribution is -0.161. The molecule has 0 unspecified atom stereocenters. The van der Waals surface area contributed by atoms with Crippen LogP contribution in [-0.2, 0) is 13.9 Å². The molecule has 1 heterocycles. The number of carbonyl (C=O) groups excluding carboxylic acids is 2. The summed E-state index contributed by atoms with van der Waals surface area (Å²) < 4.78 is 4.16. The fourth-order valence-corrected chi connectivity index (χ4v) is 0.829. The van der Waals surface area contributed by atoms with Crippen molar-refractivity contribution in [1.82, 2.24) is 5.06 Å². The first-order valence-electron chi connectivity index (χ1n) is 2.43. The second-order valence-electron chi connectivity index (χ2n) is 1.66. The normalized spacial score (nSPS) is 19.4. The fraction of sp³-hybridized carbons (Fsp3) is 0.500. The standard InChI is InChI=1S/C4H5NO3S/c6-3-1-2-4(7)5(3)8-9/h9H,1-2H2. The summed E-state index contributed by atoms with van der Waals surface area (Å²) in [5.74, 6) is -0.648. The fourth-order valence-electron chi connectivity index (χ4n) is 0.647. The Labute approximate surface area is 57.3 Å². The van der Waals surface area contributed by atoms with E-state index in [4.69, 9.17) is 0 Å². The van der Waals surface area contributed by atoms with Crippen molar-refractivity contribution in [2.24, 2.45) is 0 Å². The Balaban J connectivity index is 2.66.